The molecule has 0 radical (unpaired) electrons. The molecule has 3 aromatic rings. The standard InChI is InChI=1S/C20H15FN4O3/c21-18-13-8-9-22-19(26)14(13)6-7-15(18)25-20(27)16-10-24-17(11-23-16)28-12-4-2-1-3-5-12/h1-7,10-11H,8-9H2,(H,22,26)(H,25,27). The summed E-state index contributed by atoms with van der Waals surface area (Å²) in [6.45, 7) is 0.356. The van der Waals surface area contributed by atoms with Crippen molar-refractivity contribution in [3.63, 3.8) is 0 Å². The Morgan fingerprint density at radius 1 is 1.11 bits per heavy atom. The second-order valence-electron chi connectivity index (χ2n) is 6.07. The predicted molar refractivity (Wildman–Crippen MR) is 98.9 cm³/mol. The molecule has 7 nitrogen and oxygen atoms in total. The molecule has 0 unspecified atom stereocenters. The molecular formula is C20H15FN4O3. The number of benzene rings is 2. The molecule has 0 atom stereocenters. The van der Waals surface area contributed by atoms with E-state index in [0.29, 0.717) is 24.3 Å². The fourth-order valence-corrected chi connectivity index (χ4v) is 2.85. The van der Waals surface area contributed by atoms with Crippen LogP contribution in [0.3, 0.4) is 0 Å². The van der Waals surface area contributed by atoms with Crippen LogP contribution in [0.15, 0.2) is 54.9 Å². The molecule has 2 N–H and O–H groups in total. The van der Waals surface area contributed by atoms with Crippen LogP contribution < -0.4 is 15.4 Å². The highest BCUT2D eigenvalue weighted by molar-refractivity contribution is 6.03. The summed E-state index contributed by atoms with van der Waals surface area (Å²) in [6.07, 6.45) is 2.93. The Morgan fingerprint density at radius 2 is 1.93 bits per heavy atom. The number of hydrogen-bond acceptors (Lipinski definition) is 5. The van der Waals surface area contributed by atoms with Gasteiger partial charge in [0.25, 0.3) is 11.8 Å². The molecule has 2 aromatic carbocycles. The molecule has 0 spiro atoms. The summed E-state index contributed by atoms with van der Waals surface area (Å²) in [7, 11) is 0. The first-order valence-electron chi connectivity index (χ1n) is 8.57. The SMILES string of the molecule is O=C(Nc1ccc2c(c1F)CCNC2=O)c1cnc(Oc2ccccc2)cn1. The molecule has 1 aliphatic heterocycles. The average molecular weight is 378 g/mol. The molecule has 0 aliphatic carbocycles. The van der Waals surface area contributed by atoms with E-state index in [1.165, 1.54) is 24.5 Å². The van der Waals surface area contributed by atoms with Crippen LogP contribution >= 0.6 is 0 Å². The highest BCUT2D eigenvalue weighted by atomic mass is 19.1. The molecule has 0 saturated carbocycles. The maximum Gasteiger partial charge on any atom is 0.275 e. The number of anilines is 1. The molecule has 0 saturated heterocycles. The Morgan fingerprint density at radius 3 is 2.68 bits per heavy atom. The highest BCUT2D eigenvalue weighted by Crippen LogP contribution is 2.25. The fraction of sp³-hybridized carbons (Fsp3) is 0.100. The number of fused-ring (bicyclic) bond motifs is 1. The van der Waals surface area contributed by atoms with Gasteiger partial charge < -0.3 is 15.4 Å². The second kappa shape index (κ2) is 7.43. The van der Waals surface area contributed by atoms with Crippen LogP contribution in [-0.4, -0.2) is 28.3 Å². The summed E-state index contributed by atoms with van der Waals surface area (Å²) >= 11 is 0. The predicted octanol–water partition coefficient (Wildman–Crippen LogP) is 2.95. The van der Waals surface area contributed by atoms with Crippen molar-refractivity contribution in [2.75, 3.05) is 11.9 Å². The Hall–Kier alpha value is -3.81. The van der Waals surface area contributed by atoms with E-state index in [0.717, 1.165) is 0 Å². The zero-order valence-electron chi connectivity index (χ0n) is 14.6. The molecule has 140 valence electrons. The molecule has 28 heavy (non-hydrogen) atoms. The Bertz CT molecular complexity index is 1040. The number of halogens is 1. The third kappa shape index (κ3) is 3.52. The minimum Gasteiger partial charge on any atom is -0.438 e. The number of carbonyl (C=O) groups is 2. The quantitative estimate of drug-likeness (QED) is 0.728. The van der Waals surface area contributed by atoms with Crippen LogP contribution in [0.1, 0.15) is 26.4 Å². The molecule has 1 aromatic heterocycles. The van der Waals surface area contributed by atoms with Gasteiger partial charge in [-0.05, 0) is 30.7 Å². The van der Waals surface area contributed by atoms with Gasteiger partial charge in [-0.2, -0.15) is 0 Å². The average Bonchev–Trinajstić information content (AvgIpc) is 2.72. The zero-order valence-corrected chi connectivity index (χ0v) is 14.6. The van der Waals surface area contributed by atoms with E-state index in [1.807, 2.05) is 18.2 Å². The van der Waals surface area contributed by atoms with Gasteiger partial charge in [0, 0.05) is 17.7 Å². The Kier molecular flexibility index (Phi) is 4.67. The first-order chi connectivity index (χ1) is 13.6. The third-order valence-corrected chi connectivity index (χ3v) is 4.22. The van der Waals surface area contributed by atoms with Crippen LogP contribution in [0.2, 0.25) is 0 Å². The normalized spacial score (nSPS) is 12.7. The van der Waals surface area contributed by atoms with Crippen molar-refractivity contribution in [3.05, 3.63) is 77.5 Å². The minimum absolute atomic E-state index is 0.00939. The summed E-state index contributed by atoms with van der Waals surface area (Å²) in [5, 5.41) is 5.12. The number of aromatic nitrogens is 2. The monoisotopic (exact) mass is 378 g/mol. The lowest BCUT2D eigenvalue weighted by Crippen LogP contribution is -2.32. The number of amides is 2. The number of rotatable bonds is 4. The Balaban J connectivity index is 1.49. The largest absolute Gasteiger partial charge is 0.438 e. The lowest BCUT2D eigenvalue weighted by Gasteiger charge is -2.18. The smallest absolute Gasteiger partial charge is 0.275 e. The van der Waals surface area contributed by atoms with Crippen molar-refractivity contribution in [3.8, 4) is 11.6 Å². The van der Waals surface area contributed by atoms with Crippen molar-refractivity contribution in [1.82, 2.24) is 15.3 Å². The molecule has 2 amide bonds. The number of nitrogens with one attached hydrogen (secondary N) is 2. The van der Waals surface area contributed by atoms with Crippen molar-refractivity contribution >= 4 is 17.5 Å². The summed E-state index contributed by atoms with van der Waals surface area (Å²) in [4.78, 5) is 32.2. The van der Waals surface area contributed by atoms with E-state index in [1.54, 1.807) is 12.1 Å². The van der Waals surface area contributed by atoms with Crippen LogP contribution in [0.25, 0.3) is 0 Å². The van der Waals surface area contributed by atoms with Gasteiger partial charge in [-0.1, -0.05) is 18.2 Å². The maximum absolute atomic E-state index is 14.7. The van der Waals surface area contributed by atoms with E-state index in [-0.39, 0.29) is 28.7 Å². The van der Waals surface area contributed by atoms with Crippen LogP contribution in [0.5, 0.6) is 11.6 Å². The summed E-state index contributed by atoms with van der Waals surface area (Å²) in [5.74, 6) is -0.726. The van der Waals surface area contributed by atoms with Gasteiger partial charge in [0.05, 0.1) is 18.1 Å². The number of carbonyl (C=O) groups excluding carboxylic acids is 2. The van der Waals surface area contributed by atoms with Gasteiger partial charge in [-0.15, -0.1) is 0 Å². The molecule has 2 heterocycles. The number of hydrogen-bond donors (Lipinski definition) is 2. The van der Waals surface area contributed by atoms with Crippen molar-refractivity contribution in [1.29, 1.82) is 0 Å². The summed E-state index contributed by atoms with van der Waals surface area (Å²) < 4.78 is 20.2. The highest BCUT2D eigenvalue weighted by Gasteiger charge is 2.23. The lowest BCUT2D eigenvalue weighted by atomic mass is 9.99. The molecular weight excluding hydrogens is 363 g/mol. The molecule has 8 heteroatoms. The van der Waals surface area contributed by atoms with Crippen LogP contribution in [0, 0.1) is 5.82 Å². The molecule has 1 aliphatic rings. The van der Waals surface area contributed by atoms with Gasteiger partial charge in [-0.3, -0.25) is 9.59 Å². The van der Waals surface area contributed by atoms with Crippen LogP contribution in [-0.2, 0) is 6.42 Å². The third-order valence-electron chi connectivity index (χ3n) is 4.22. The first-order valence-corrected chi connectivity index (χ1v) is 8.57. The van der Waals surface area contributed by atoms with E-state index < -0.39 is 11.7 Å². The first kappa shape index (κ1) is 17.6. The van der Waals surface area contributed by atoms with E-state index in [2.05, 4.69) is 20.6 Å². The number of nitrogens with zero attached hydrogens (tertiary/aromatic N) is 2. The molecule has 0 fully saturated rings. The molecule has 4 rings (SSSR count). The number of para-hydroxylation sites is 1. The van der Waals surface area contributed by atoms with Crippen LogP contribution in [0.4, 0.5) is 10.1 Å². The second-order valence-corrected chi connectivity index (χ2v) is 6.07. The zero-order chi connectivity index (χ0) is 19.5. The Labute approximate surface area is 159 Å². The van der Waals surface area contributed by atoms with Gasteiger partial charge in [0.15, 0.2) is 5.82 Å². The topological polar surface area (TPSA) is 93.2 Å². The van der Waals surface area contributed by atoms with Crippen molar-refractivity contribution < 1.29 is 18.7 Å². The van der Waals surface area contributed by atoms with E-state index in [9.17, 15) is 14.0 Å². The van der Waals surface area contributed by atoms with Gasteiger partial charge in [0.2, 0.25) is 5.88 Å². The van der Waals surface area contributed by atoms with E-state index in [4.69, 9.17) is 4.74 Å². The lowest BCUT2D eigenvalue weighted by molar-refractivity contribution is 0.0944. The maximum atomic E-state index is 14.7. The molecule has 0 bridgehead atoms. The van der Waals surface area contributed by atoms with Gasteiger partial charge in [0.1, 0.15) is 11.4 Å². The fourth-order valence-electron chi connectivity index (χ4n) is 2.85. The number of ether oxygens (including phenoxy) is 1. The summed E-state index contributed by atoms with van der Waals surface area (Å²) in [5.41, 5.74) is 0.573. The van der Waals surface area contributed by atoms with Gasteiger partial charge in [-0.25, -0.2) is 14.4 Å². The minimum atomic E-state index is -0.613. The van der Waals surface area contributed by atoms with E-state index >= 15 is 0 Å². The summed E-state index contributed by atoms with van der Waals surface area (Å²) in [6, 6.07) is 11.9. The van der Waals surface area contributed by atoms with Crippen molar-refractivity contribution in [2.24, 2.45) is 0 Å². The van der Waals surface area contributed by atoms with Gasteiger partial charge >= 0.3 is 0 Å². The van der Waals surface area contributed by atoms with Crippen molar-refractivity contribution in [2.45, 2.75) is 6.42 Å².